The fourth-order valence-electron chi connectivity index (χ4n) is 2.17. The Kier molecular flexibility index (Phi) is 10.4. The predicted octanol–water partition coefficient (Wildman–Crippen LogP) is 2.30. The number of amides is 1. The summed E-state index contributed by atoms with van der Waals surface area (Å²) in [6.45, 7) is 2.58. The first-order valence-corrected chi connectivity index (χ1v) is 7.34. The molecular formula is C16H27ClN2O3. The van der Waals surface area contributed by atoms with Crippen LogP contribution in [0.3, 0.4) is 0 Å². The van der Waals surface area contributed by atoms with Crippen molar-refractivity contribution in [3.63, 3.8) is 0 Å². The van der Waals surface area contributed by atoms with Crippen molar-refractivity contribution in [2.45, 2.75) is 38.6 Å². The van der Waals surface area contributed by atoms with Crippen molar-refractivity contribution in [3.8, 4) is 11.5 Å². The van der Waals surface area contributed by atoms with Crippen LogP contribution in [0, 0.1) is 0 Å². The van der Waals surface area contributed by atoms with Crippen molar-refractivity contribution in [1.82, 2.24) is 5.32 Å². The summed E-state index contributed by atoms with van der Waals surface area (Å²) in [5, 5.41) is 2.98. The van der Waals surface area contributed by atoms with Gasteiger partial charge in [0.05, 0.1) is 20.6 Å². The van der Waals surface area contributed by atoms with E-state index in [1.54, 1.807) is 20.3 Å². The SMILES string of the molecule is CCCCC(CN)NC(=O)Cc1cc(OC)ccc1OC.Cl. The van der Waals surface area contributed by atoms with Gasteiger partial charge in [-0.05, 0) is 24.6 Å². The average molecular weight is 331 g/mol. The molecule has 0 spiro atoms. The molecule has 22 heavy (non-hydrogen) atoms. The lowest BCUT2D eigenvalue weighted by atomic mass is 10.1. The Morgan fingerprint density at radius 3 is 2.59 bits per heavy atom. The fourth-order valence-corrected chi connectivity index (χ4v) is 2.17. The molecule has 5 nitrogen and oxygen atoms in total. The van der Waals surface area contributed by atoms with Gasteiger partial charge in [0.15, 0.2) is 0 Å². The highest BCUT2D eigenvalue weighted by atomic mass is 35.5. The molecule has 0 aliphatic rings. The van der Waals surface area contributed by atoms with Crippen LogP contribution in [0.5, 0.6) is 11.5 Å². The highest BCUT2D eigenvalue weighted by Gasteiger charge is 2.14. The molecule has 1 unspecified atom stereocenters. The molecule has 0 heterocycles. The van der Waals surface area contributed by atoms with Crippen molar-refractivity contribution >= 4 is 18.3 Å². The molecule has 0 saturated carbocycles. The number of methoxy groups -OCH3 is 2. The summed E-state index contributed by atoms with van der Waals surface area (Å²) in [4.78, 5) is 12.1. The van der Waals surface area contributed by atoms with Crippen LogP contribution in [0.4, 0.5) is 0 Å². The second-order valence-electron chi connectivity index (χ2n) is 5.00. The number of halogens is 1. The lowest BCUT2D eigenvalue weighted by Crippen LogP contribution is -2.40. The van der Waals surface area contributed by atoms with Crippen molar-refractivity contribution in [2.75, 3.05) is 20.8 Å². The van der Waals surface area contributed by atoms with Gasteiger partial charge in [-0.1, -0.05) is 19.8 Å². The topological polar surface area (TPSA) is 73.6 Å². The van der Waals surface area contributed by atoms with E-state index in [2.05, 4.69) is 12.2 Å². The minimum Gasteiger partial charge on any atom is -0.497 e. The average Bonchev–Trinajstić information content (AvgIpc) is 2.51. The standard InChI is InChI=1S/C16H26N2O3.ClH/c1-4-5-6-13(11-17)18-16(19)10-12-9-14(20-2)7-8-15(12)21-3;/h7-9,13H,4-6,10-11,17H2,1-3H3,(H,18,19);1H. The number of ether oxygens (including phenoxy) is 2. The largest absolute Gasteiger partial charge is 0.497 e. The molecule has 1 aromatic carbocycles. The lowest BCUT2D eigenvalue weighted by molar-refractivity contribution is -0.121. The van der Waals surface area contributed by atoms with Gasteiger partial charge in [-0.3, -0.25) is 4.79 Å². The number of carbonyl (C=O) groups is 1. The van der Waals surface area contributed by atoms with E-state index in [1.807, 2.05) is 12.1 Å². The maximum atomic E-state index is 12.1. The maximum absolute atomic E-state index is 12.1. The molecule has 0 bridgehead atoms. The summed E-state index contributed by atoms with van der Waals surface area (Å²) in [7, 11) is 3.19. The molecule has 1 aromatic rings. The van der Waals surface area contributed by atoms with E-state index in [9.17, 15) is 4.79 Å². The van der Waals surface area contributed by atoms with Gasteiger partial charge in [-0.15, -0.1) is 12.4 Å². The summed E-state index contributed by atoms with van der Waals surface area (Å²) in [5.74, 6) is 1.34. The number of rotatable bonds is 9. The Morgan fingerprint density at radius 1 is 1.32 bits per heavy atom. The zero-order chi connectivity index (χ0) is 15.7. The third kappa shape index (κ3) is 6.54. The van der Waals surface area contributed by atoms with Crippen LogP contribution in [0.25, 0.3) is 0 Å². The number of nitrogens with two attached hydrogens (primary N) is 1. The minimum absolute atomic E-state index is 0. The molecule has 1 atom stereocenters. The highest BCUT2D eigenvalue weighted by molar-refractivity contribution is 5.85. The van der Waals surface area contributed by atoms with Gasteiger partial charge in [0.2, 0.25) is 5.91 Å². The first-order valence-electron chi connectivity index (χ1n) is 7.34. The Labute approximate surface area is 139 Å². The highest BCUT2D eigenvalue weighted by Crippen LogP contribution is 2.24. The van der Waals surface area contributed by atoms with Gasteiger partial charge >= 0.3 is 0 Å². The summed E-state index contributed by atoms with van der Waals surface area (Å²) >= 11 is 0. The molecule has 0 radical (unpaired) electrons. The molecule has 0 aliphatic carbocycles. The van der Waals surface area contributed by atoms with E-state index >= 15 is 0 Å². The van der Waals surface area contributed by atoms with Gasteiger partial charge in [0.25, 0.3) is 0 Å². The Bertz CT molecular complexity index is 455. The third-order valence-electron chi connectivity index (χ3n) is 3.39. The zero-order valence-corrected chi connectivity index (χ0v) is 14.4. The summed E-state index contributed by atoms with van der Waals surface area (Å²) < 4.78 is 10.5. The van der Waals surface area contributed by atoms with Gasteiger partial charge < -0.3 is 20.5 Å². The van der Waals surface area contributed by atoms with Gasteiger partial charge in [0, 0.05) is 18.2 Å². The van der Waals surface area contributed by atoms with Crippen LogP contribution in [0.1, 0.15) is 31.7 Å². The Balaban J connectivity index is 0.00000441. The number of hydrogen-bond donors (Lipinski definition) is 2. The van der Waals surface area contributed by atoms with Gasteiger partial charge in [0.1, 0.15) is 11.5 Å². The van der Waals surface area contributed by atoms with Crippen LogP contribution in [-0.4, -0.2) is 32.7 Å². The van der Waals surface area contributed by atoms with Crippen LogP contribution in [0.2, 0.25) is 0 Å². The molecule has 0 aliphatic heterocycles. The normalized spacial score (nSPS) is 11.3. The van der Waals surface area contributed by atoms with E-state index in [0.29, 0.717) is 18.0 Å². The Hall–Kier alpha value is -1.46. The number of benzene rings is 1. The minimum atomic E-state index is -0.0480. The van der Waals surface area contributed by atoms with Crippen molar-refractivity contribution in [3.05, 3.63) is 23.8 Å². The zero-order valence-electron chi connectivity index (χ0n) is 13.6. The number of nitrogens with one attached hydrogen (secondary N) is 1. The summed E-state index contributed by atoms with van der Waals surface area (Å²) in [6.07, 6.45) is 3.32. The van der Waals surface area contributed by atoms with Crippen molar-refractivity contribution in [1.29, 1.82) is 0 Å². The van der Waals surface area contributed by atoms with E-state index in [1.165, 1.54) is 0 Å². The molecule has 0 fully saturated rings. The molecule has 6 heteroatoms. The molecule has 1 rings (SSSR count). The van der Waals surface area contributed by atoms with Crippen molar-refractivity contribution in [2.24, 2.45) is 5.73 Å². The van der Waals surface area contributed by atoms with E-state index < -0.39 is 0 Å². The molecule has 0 saturated heterocycles. The summed E-state index contributed by atoms with van der Waals surface area (Å²) in [6, 6.07) is 5.47. The van der Waals surface area contributed by atoms with E-state index in [4.69, 9.17) is 15.2 Å². The molecule has 0 aromatic heterocycles. The van der Waals surface area contributed by atoms with E-state index in [0.717, 1.165) is 24.8 Å². The predicted molar refractivity (Wildman–Crippen MR) is 91.0 cm³/mol. The smallest absolute Gasteiger partial charge is 0.224 e. The third-order valence-corrected chi connectivity index (χ3v) is 3.39. The van der Waals surface area contributed by atoms with Crippen LogP contribution >= 0.6 is 12.4 Å². The van der Waals surface area contributed by atoms with Gasteiger partial charge in [-0.25, -0.2) is 0 Å². The lowest BCUT2D eigenvalue weighted by Gasteiger charge is -2.17. The second-order valence-corrected chi connectivity index (χ2v) is 5.00. The van der Waals surface area contributed by atoms with Crippen LogP contribution in [-0.2, 0) is 11.2 Å². The van der Waals surface area contributed by atoms with Crippen LogP contribution < -0.4 is 20.5 Å². The Morgan fingerprint density at radius 2 is 2.05 bits per heavy atom. The number of carbonyl (C=O) groups excluding carboxylic acids is 1. The fraction of sp³-hybridized carbons (Fsp3) is 0.562. The van der Waals surface area contributed by atoms with Crippen molar-refractivity contribution < 1.29 is 14.3 Å². The second kappa shape index (κ2) is 11.2. The number of unbranched alkanes of at least 4 members (excludes halogenated alkanes) is 1. The monoisotopic (exact) mass is 330 g/mol. The van der Waals surface area contributed by atoms with E-state index in [-0.39, 0.29) is 30.8 Å². The molecule has 3 N–H and O–H groups in total. The molecule has 126 valence electrons. The van der Waals surface area contributed by atoms with Gasteiger partial charge in [-0.2, -0.15) is 0 Å². The quantitative estimate of drug-likeness (QED) is 0.728. The summed E-state index contributed by atoms with van der Waals surface area (Å²) in [5.41, 5.74) is 6.50. The molecule has 1 amide bonds. The molecular weight excluding hydrogens is 304 g/mol. The van der Waals surface area contributed by atoms with Crippen LogP contribution in [0.15, 0.2) is 18.2 Å². The first kappa shape index (κ1) is 20.5. The number of hydrogen-bond acceptors (Lipinski definition) is 4. The first-order chi connectivity index (χ1) is 10.1. The maximum Gasteiger partial charge on any atom is 0.224 e.